The van der Waals surface area contributed by atoms with E-state index in [0.717, 1.165) is 5.52 Å². The van der Waals surface area contributed by atoms with Crippen LogP contribution in [0.1, 0.15) is 40.2 Å². The zero-order chi connectivity index (χ0) is 14.9. The molecule has 5 heteroatoms. The van der Waals surface area contributed by atoms with E-state index < -0.39 is 0 Å². The number of rotatable bonds is 4. The van der Waals surface area contributed by atoms with Gasteiger partial charge in [0.1, 0.15) is 0 Å². The molecule has 0 aliphatic rings. The number of amides is 1. The Balaban J connectivity index is 2.31. The molecule has 1 N–H and O–H groups in total. The summed E-state index contributed by atoms with van der Waals surface area (Å²) in [6, 6.07) is 5.30. The van der Waals surface area contributed by atoms with Gasteiger partial charge in [0, 0.05) is 24.2 Å². The molecule has 0 unspecified atom stereocenters. The van der Waals surface area contributed by atoms with Crippen molar-refractivity contribution in [1.29, 1.82) is 0 Å². The van der Waals surface area contributed by atoms with Gasteiger partial charge >= 0.3 is 5.76 Å². The normalized spacial score (nSPS) is 11.5. The molecule has 5 nitrogen and oxygen atoms in total. The van der Waals surface area contributed by atoms with E-state index in [1.807, 2.05) is 27.7 Å². The first-order valence-corrected chi connectivity index (χ1v) is 6.83. The van der Waals surface area contributed by atoms with E-state index in [2.05, 4.69) is 5.32 Å². The Bertz CT molecular complexity index is 680. The fourth-order valence-electron chi connectivity index (χ4n) is 2.19. The SMILES string of the molecule is CC(C)CC(=O)Nc1ccc2c(c1)oc(=O)n2C(C)C. The summed E-state index contributed by atoms with van der Waals surface area (Å²) in [5.41, 5.74) is 1.88. The molecule has 0 bridgehead atoms. The third-order valence-electron chi connectivity index (χ3n) is 3.01. The number of carbonyl (C=O) groups is 1. The number of aromatic nitrogens is 1. The number of oxazole rings is 1. The lowest BCUT2D eigenvalue weighted by Crippen LogP contribution is -2.16. The number of fused-ring (bicyclic) bond motifs is 1. The van der Waals surface area contributed by atoms with Crippen molar-refractivity contribution in [3.8, 4) is 0 Å². The van der Waals surface area contributed by atoms with Crippen molar-refractivity contribution in [2.75, 3.05) is 5.32 Å². The van der Waals surface area contributed by atoms with E-state index in [-0.39, 0.29) is 17.7 Å². The lowest BCUT2D eigenvalue weighted by Gasteiger charge is -2.08. The summed E-state index contributed by atoms with van der Waals surface area (Å²) < 4.78 is 6.81. The minimum Gasteiger partial charge on any atom is -0.408 e. The molecule has 2 rings (SSSR count). The number of nitrogens with one attached hydrogen (secondary N) is 1. The van der Waals surface area contributed by atoms with E-state index in [1.165, 1.54) is 0 Å². The summed E-state index contributed by atoms with van der Waals surface area (Å²) in [4.78, 5) is 23.5. The van der Waals surface area contributed by atoms with Gasteiger partial charge in [-0.1, -0.05) is 13.8 Å². The molecular weight excluding hydrogens is 256 g/mol. The number of hydrogen-bond acceptors (Lipinski definition) is 3. The van der Waals surface area contributed by atoms with Crippen LogP contribution in [0.2, 0.25) is 0 Å². The molecule has 1 aromatic heterocycles. The van der Waals surface area contributed by atoms with Crippen LogP contribution in [0, 0.1) is 5.92 Å². The first-order chi connectivity index (χ1) is 9.38. The zero-order valence-corrected chi connectivity index (χ0v) is 12.3. The van der Waals surface area contributed by atoms with Crippen molar-refractivity contribution in [3.05, 3.63) is 28.7 Å². The summed E-state index contributed by atoms with van der Waals surface area (Å²) in [6.07, 6.45) is 0.467. The maximum Gasteiger partial charge on any atom is 0.420 e. The molecule has 1 heterocycles. The molecule has 0 fully saturated rings. The van der Waals surface area contributed by atoms with Gasteiger partial charge in [0.2, 0.25) is 5.91 Å². The van der Waals surface area contributed by atoms with Crippen molar-refractivity contribution < 1.29 is 9.21 Å². The first kappa shape index (κ1) is 14.4. The summed E-state index contributed by atoms with van der Waals surface area (Å²) in [5, 5.41) is 2.81. The van der Waals surface area contributed by atoms with Crippen molar-refractivity contribution in [2.45, 2.75) is 40.2 Å². The number of anilines is 1. The van der Waals surface area contributed by atoms with E-state index in [0.29, 0.717) is 23.6 Å². The Hall–Kier alpha value is -2.04. The molecule has 1 amide bonds. The van der Waals surface area contributed by atoms with Crippen LogP contribution in [0.4, 0.5) is 5.69 Å². The molecule has 0 radical (unpaired) electrons. The largest absolute Gasteiger partial charge is 0.420 e. The van der Waals surface area contributed by atoms with E-state index in [4.69, 9.17) is 4.42 Å². The highest BCUT2D eigenvalue weighted by molar-refractivity contribution is 5.92. The highest BCUT2D eigenvalue weighted by atomic mass is 16.4. The van der Waals surface area contributed by atoms with Crippen molar-refractivity contribution in [1.82, 2.24) is 4.57 Å². The molecule has 0 aliphatic heterocycles. The molecule has 108 valence electrons. The Morgan fingerprint density at radius 3 is 2.60 bits per heavy atom. The molecule has 0 saturated heterocycles. The Kier molecular flexibility index (Phi) is 3.97. The lowest BCUT2D eigenvalue weighted by atomic mass is 10.1. The standard InChI is InChI=1S/C15H20N2O3/c1-9(2)7-14(18)16-11-5-6-12-13(8-11)20-15(19)17(12)10(3)4/h5-6,8-10H,7H2,1-4H3,(H,16,18). The fourth-order valence-corrected chi connectivity index (χ4v) is 2.19. The van der Waals surface area contributed by atoms with Gasteiger partial charge in [0.05, 0.1) is 5.52 Å². The second kappa shape index (κ2) is 5.53. The number of carbonyl (C=O) groups excluding carboxylic acids is 1. The molecular formula is C15H20N2O3. The van der Waals surface area contributed by atoms with Crippen LogP contribution in [0.15, 0.2) is 27.4 Å². The van der Waals surface area contributed by atoms with Crippen LogP contribution in [0.25, 0.3) is 11.1 Å². The monoisotopic (exact) mass is 276 g/mol. The summed E-state index contributed by atoms with van der Waals surface area (Å²) in [6.45, 7) is 7.83. The molecule has 2 aromatic rings. The third kappa shape index (κ3) is 2.92. The van der Waals surface area contributed by atoms with E-state index in [9.17, 15) is 9.59 Å². The Morgan fingerprint density at radius 1 is 1.30 bits per heavy atom. The second-order valence-corrected chi connectivity index (χ2v) is 5.66. The minimum absolute atomic E-state index is 0.0325. The average Bonchev–Trinajstić information content (AvgIpc) is 2.62. The predicted molar refractivity (Wildman–Crippen MR) is 78.9 cm³/mol. The van der Waals surface area contributed by atoms with Gasteiger partial charge in [-0.05, 0) is 31.9 Å². The minimum atomic E-state index is -0.374. The Labute approximate surface area is 117 Å². The maximum absolute atomic E-state index is 11.8. The molecule has 0 atom stereocenters. The zero-order valence-electron chi connectivity index (χ0n) is 12.3. The van der Waals surface area contributed by atoms with Gasteiger partial charge in [-0.2, -0.15) is 0 Å². The van der Waals surface area contributed by atoms with Crippen LogP contribution in [-0.2, 0) is 4.79 Å². The smallest absolute Gasteiger partial charge is 0.408 e. The molecule has 0 aliphatic carbocycles. The summed E-state index contributed by atoms with van der Waals surface area (Å²) >= 11 is 0. The van der Waals surface area contributed by atoms with Gasteiger partial charge < -0.3 is 9.73 Å². The highest BCUT2D eigenvalue weighted by Crippen LogP contribution is 2.21. The predicted octanol–water partition coefficient (Wildman–Crippen LogP) is 3.16. The number of benzene rings is 1. The summed E-state index contributed by atoms with van der Waals surface area (Å²) in [7, 11) is 0. The van der Waals surface area contributed by atoms with Crippen LogP contribution in [0.5, 0.6) is 0 Å². The van der Waals surface area contributed by atoms with Gasteiger partial charge in [-0.25, -0.2) is 4.79 Å². The van der Waals surface area contributed by atoms with Gasteiger partial charge in [-0.15, -0.1) is 0 Å². The molecule has 0 saturated carbocycles. The van der Waals surface area contributed by atoms with Crippen molar-refractivity contribution in [2.24, 2.45) is 5.92 Å². The number of nitrogens with zero attached hydrogens (tertiary/aromatic N) is 1. The van der Waals surface area contributed by atoms with E-state index >= 15 is 0 Å². The maximum atomic E-state index is 11.8. The van der Waals surface area contributed by atoms with Crippen LogP contribution in [-0.4, -0.2) is 10.5 Å². The third-order valence-corrected chi connectivity index (χ3v) is 3.01. The summed E-state index contributed by atoms with van der Waals surface area (Å²) in [5.74, 6) is -0.107. The Morgan fingerprint density at radius 2 is 2.00 bits per heavy atom. The van der Waals surface area contributed by atoms with Crippen molar-refractivity contribution >= 4 is 22.7 Å². The van der Waals surface area contributed by atoms with Gasteiger partial charge in [-0.3, -0.25) is 9.36 Å². The van der Waals surface area contributed by atoms with Crippen LogP contribution < -0.4 is 11.1 Å². The highest BCUT2D eigenvalue weighted by Gasteiger charge is 2.13. The second-order valence-electron chi connectivity index (χ2n) is 5.66. The molecule has 0 spiro atoms. The molecule has 20 heavy (non-hydrogen) atoms. The quantitative estimate of drug-likeness (QED) is 0.932. The fraction of sp³-hybridized carbons (Fsp3) is 0.467. The van der Waals surface area contributed by atoms with E-state index in [1.54, 1.807) is 22.8 Å². The average molecular weight is 276 g/mol. The van der Waals surface area contributed by atoms with Gasteiger partial charge in [0.15, 0.2) is 5.58 Å². The lowest BCUT2D eigenvalue weighted by molar-refractivity contribution is -0.116. The van der Waals surface area contributed by atoms with Crippen LogP contribution in [0.3, 0.4) is 0 Å². The number of hydrogen-bond donors (Lipinski definition) is 1. The topological polar surface area (TPSA) is 64.2 Å². The first-order valence-electron chi connectivity index (χ1n) is 6.83. The van der Waals surface area contributed by atoms with Crippen molar-refractivity contribution in [3.63, 3.8) is 0 Å². The van der Waals surface area contributed by atoms with Gasteiger partial charge in [0.25, 0.3) is 0 Å². The molecule has 1 aromatic carbocycles. The van der Waals surface area contributed by atoms with Crippen LogP contribution >= 0.6 is 0 Å².